The first-order valence-corrected chi connectivity index (χ1v) is 5.74. The second kappa shape index (κ2) is 7.07. The lowest BCUT2D eigenvalue weighted by atomic mass is 9.95. The molecule has 2 N–H and O–H groups in total. The summed E-state index contributed by atoms with van der Waals surface area (Å²) in [5.41, 5.74) is 0.334. The van der Waals surface area contributed by atoms with Crippen molar-refractivity contribution in [3.63, 3.8) is 0 Å². The van der Waals surface area contributed by atoms with Gasteiger partial charge in [0.2, 0.25) is 0 Å². The number of hydrogen-bond donors (Lipinski definition) is 2. The largest absolute Gasteiger partial charge is 0.481 e. The lowest BCUT2D eigenvalue weighted by Gasteiger charge is -2.12. The van der Waals surface area contributed by atoms with Crippen LogP contribution >= 0.6 is 0 Å². The van der Waals surface area contributed by atoms with E-state index in [0.717, 1.165) is 0 Å². The number of carboxylic acid groups (broad SMARTS) is 1. The van der Waals surface area contributed by atoms with Crippen LogP contribution < -0.4 is 5.32 Å². The minimum Gasteiger partial charge on any atom is -0.481 e. The highest BCUT2D eigenvalue weighted by atomic mass is 16.6. The number of amides is 1. The van der Waals surface area contributed by atoms with Crippen LogP contribution in [0.1, 0.15) is 17.9 Å². The number of aliphatic carboxylic acids is 1. The fraction of sp³-hybridized carbons (Fsp3) is 0.333. The molecule has 0 saturated heterocycles. The van der Waals surface area contributed by atoms with Gasteiger partial charge >= 0.3 is 12.1 Å². The SMILES string of the molecule is COC(=O)NCCC(C(=O)O)c1ccc([N+](=O)[O-])cc1. The topological polar surface area (TPSA) is 119 Å². The molecule has 0 saturated carbocycles. The van der Waals surface area contributed by atoms with E-state index in [1.807, 2.05) is 0 Å². The quantitative estimate of drug-likeness (QED) is 0.603. The molecule has 1 atom stereocenters. The maximum atomic E-state index is 11.2. The molecule has 8 heteroatoms. The van der Waals surface area contributed by atoms with Gasteiger partial charge in [-0.05, 0) is 12.0 Å². The molecule has 0 fully saturated rings. The maximum Gasteiger partial charge on any atom is 0.406 e. The molecule has 1 rings (SSSR count). The molecule has 1 aromatic carbocycles. The van der Waals surface area contributed by atoms with Crippen molar-refractivity contribution in [1.29, 1.82) is 0 Å². The monoisotopic (exact) mass is 282 g/mol. The molecule has 1 amide bonds. The molecule has 0 aliphatic rings. The van der Waals surface area contributed by atoms with Crippen molar-refractivity contribution in [2.45, 2.75) is 12.3 Å². The second-order valence-electron chi connectivity index (χ2n) is 3.95. The minimum absolute atomic E-state index is 0.106. The Morgan fingerprint density at radius 3 is 2.45 bits per heavy atom. The number of carboxylic acids is 1. The summed E-state index contributed by atoms with van der Waals surface area (Å²) in [5, 5.41) is 22.1. The Morgan fingerprint density at radius 2 is 2.00 bits per heavy atom. The van der Waals surface area contributed by atoms with Crippen LogP contribution in [0.5, 0.6) is 0 Å². The minimum atomic E-state index is -1.06. The summed E-state index contributed by atoms with van der Waals surface area (Å²) in [6, 6.07) is 5.29. The number of nitrogens with zero attached hydrogens (tertiary/aromatic N) is 1. The Labute approximate surface area is 114 Å². The van der Waals surface area contributed by atoms with Gasteiger partial charge in [0.15, 0.2) is 0 Å². The number of carbonyl (C=O) groups is 2. The number of non-ortho nitro benzene ring substituents is 1. The summed E-state index contributed by atoms with van der Waals surface area (Å²) in [6.45, 7) is 0.126. The highest BCUT2D eigenvalue weighted by molar-refractivity contribution is 5.76. The number of methoxy groups -OCH3 is 1. The molecule has 0 bridgehead atoms. The van der Waals surface area contributed by atoms with Gasteiger partial charge in [-0.15, -0.1) is 0 Å². The fourth-order valence-electron chi connectivity index (χ4n) is 1.65. The van der Waals surface area contributed by atoms with Crippen LogP contribution in [0.15, 0.2) is 24.3 Å². The summed E-state index contributed by atoms with van der Waals surface area (Å²) in [7, 11) is 1.21. The van der Waals surface area contributed by atoms with Crippen molar-refractivity contribution in [2.75, 3.05) is 13.7 Å². The Hall–Kier alpha value is -2.64. The molecule has 0 aromatic heterocycles. The van der Waals surface area contributed by atoms with Gasteiger partial charge in [-0.2, -0.15) is 0 Å². The maximum absolute atomic E-state index is 11.2. The van der Waals surface area contributed by atoms with Crippen molar-refractivity contribution in [1.82, 2.24) is 5.32 Å². The normalized spacial score (nSPS) is 11.4. The summed E-state index contributed by atoms with van der Waals surface area (Å²) in [6.07, 6.45) is -0.486. The summed E-state index contributed by atoms with van der Waals surface area (Å²) in [4.78, 5) is 32.0. The van der Waals surface area contributed by atoms with Gasteiger partial charge in [-0.25, -0.2) is 4.79 Å². The van der Waals surface area contributed by atoms with Crippen LogP contribution in [0.2, 0.25) is 0 Å². The van der Waals surface area contributed by atoms with E-state index >= 15 is 0 Å². The number of hydrogen-bond acceptors (Lipinski definition) is 5. The smallest absolute Gasteiger partial charge is 0.406 e. The van der Waals surface area contributed by atoms with Crippen molar-refractivity contribution in [3.8, 4) is 0 Å². The molecule has 0 aliphatic heterocycles. The zero-order valence-corrected chi connectivity index (χ0v) is 10.7. The zero-order valence-electron chi connectivity index (χ0n) is 10.7. The predicted molar refractivity (Wildman–Crippen MR) is 68.5 cm³/mol. The van der Waals surface area contributed by atoms with E-state index in [1.54, 1.807) is 0 Å². The Kier molecular flexibility index (Phi) is 5.45. The van der Waals surface area contributed by atoms with E-state index in [9.17, 15) is 19.7 Å². The number of nitro benzene ring substituents is 1. The average Bonchev–Trinajstić information content (AvgIpc) is 2.43. The molecule has 0 aliphatic carbocycles. The molecule has 108 valence electrons. The number of nitro groups is 1. The van der Waals surface area contributed by atoms with Crippen molar-refractivity contribution < 1.29 is 24.4 Å². The second-order valence-corrected chi connectivity index (χ2v) is 3.95. The number of alkyl carbamates (subject to hydrolysis) is 1. The number of carbonyl (C=O) groups excluding carboxylic acids is 1. The highest BCUT2D eigenvalue weighted by Gasteiger charge is 2.20. The third kappa shape index (κ3) is 4.23. The number of nitrogens with one attached hydrogen (secondary N) is 1. The molecular weight excluding hydrogens is 268 g/mol. The number of rotatable bonds is 6. The fourth-order valence-corrected chi connectivity index (χ4v) is 1.65. The molecule has 1 aromatic rings. The van der Waals surface area contributed by atoms with Gasteiger partial charge in [0.25, 0.3) is 5.69 Å². The Bertz CT molecular complexity index is 499. The van der Waals surface area contributed by atoms with Crippen molar-refractivity contribution in [3.05, 3.63) is 39.9 Å². The highest BCUT2D eigenvalue weighted by Crippen LogP contribution is 2.22. The predicted octanol–water partition coefficient (Wildman–Crippen LogP) is 1.51. The first-order valence-electron chi connectivity index (χ1n) is 5.74. The van der Waals surface area contributed by atoms with Crippen LogP contribution in [0.25, 0.3) is 0 Å². The van der Waals surface area contributed by atoms with Crippen molar-refractivity contribution in [2.24, 2.45) is 0 Å². The van der Waals surface area contributed by atoms with E-state index in [-0.39, 0.29) is 18.7 Å². The molecule has 0 spiro atoms. The molecule has 0 heterocycles. The summed E-state index contributed by atoms with van der Waals surface area (Å²) in [5.74, 6) is -1.92. The third-order valence-corrected chi connectivity index (χ3v) is 2.69. The van der Waals surface area contributed by atoms with Crippen LogP contribution in [0.4, 0.5) is 10.5 Å². The first-order chi connectivity index (χ1) is 9.45. The van der Waals surface area contributed by atoms with Crippen LogP contribution in [0.3, 0.4) is 0 Å². The van der Waals surface area contributed by atoms with E-state index in [2.05, 4.69) is 10.1 Å². The lowest BCUT2D eigenvalue weighted by Crippen LogP contribution is -2.26. The molecular formula is C12H14N2O6. The van der Waals surface area contributed by atoms with Crippen LogP contribution in [-0.2, 0) is 9.53 Å². The first kappa shape index (κ1) is 15.4. The van der Waals surface area contributed by atoms with Crippen molar-refractivity contribution >= 4 is 17.7 Å². The average molecular weight is 282 g/mol. The van der Waals surface area contributed by atoms with Gasteiger partial charge in [0.1, 0.15) is 0 Å². The Balaban J connectivity index is 2.73. The summed E-state index contributed by atoms with van der Waals surface area (Å²) < 4.78 is 4.37. The molecule has 8 nitrogen and oxygen atoms in total. The lowest BCUT2D eigenvalue weighted by molar-refractivity contribution is -0.384. The van der Waals surface area contributed by atoms with E-state index < -0.39 is 22.9 Å². The van der Waals surface area contributed by atoms with Gasteiger partial charge in [-0.3, -0.25) is 14.9 Å². The zero-order chi connectivity index (χ0) is 15.1. The van der Waals surface area contributed by atoms with E-state index in [0.29, 0.717) is 5.56 Å². The molecule has 0 radical (unpaired) electrons. The summed E-state index contributed by atoms with van der Waals surface area (Å²) >= 11 is 0. The third-order valence-electron chi connectivity index (χ3n) is 2.69. The Morgan fingerprint density at radius 1 is 1.40 bits per heavy atom. The number of benzene rings is 1. The van der Waals surface area contributed by atoms with Gasteiger partial charge in [0.05, 0.1) is 18.0 Å². The number of ether oxygens (including phenoxy) is 1. The van der Waals surface area contributed by atoms with E-state index in [4.69, 9.17) is 5.11 Å². The molecule has 1 unspecified atom stereocenters. The van der Waals surface area contributed by atoms with Gasteiger partial charge in [0, 0.05) is 18.7 Å². The molecule has 20 heavy (non-hydrogen) atoms. The standard InChI is InChI=1S/C12H14N2O6/c1-20-12(17)13-7-6-10(11(15)16)8-2-4-9(5-3-8)14(18)19/h2-5,10H,6-7H2,1H3,(H,13,17)(H,15,16). The van der Waals surface area contributed by atoms with Gasteiger partial charge < -0.3 is 15.2 Å². The van der Waals surface area contributed by atoms with Crippen LogP contribution in [-0.4, -0.2) is 35.7 Å². The van der Waals surface area contributed by atoms with E-state index in [1.165, 1.54) is 31.4 Å². The van der Waals surface area contributed by atoms with Gasteiger partial charge in [-0.1, -0.05) is 12.1 Å². The van der Waals surface area contributed by atoms with Crippen LogP contribution in [0, 0.1) is 10.1 Å².